The summed E-state index contributed by atoms with van der Waals surface area (Å²) in [4.78, 5) is 21.9. The average Bonchev–Trinajstić information content (AvgIpc) is 2.97. The fourth-order valence-electron chi connectivity index (χ4n) is 2.42. The van der Waals surface area contributed by atoms with E-state index in [4.69, 9.17) is 21.7 Å². The van der Waals surface area contributed by atoms with Gasteiger partial charge in [-0.05, 0) is 53.7 Å². The van der Waals surface area contributed by atoms with E-state index in [1.165, 1.54) is 19.2 Å². The minimum Gasteiger partial charge on any atom is -0.493 e. The van der Waals surface area contributed by atoms with E-state index in [1.807, 2.05) is 0 Å². The van der Waals surface area contributed by atoms with E-state index in [0.717, 1.165) is 11.1 Å². The van der Waals surface area contributed by atoms with Crippen molar-refractivity contribution in [2.24, 2.45) is 0 Å². The molecular weight excluding hydrogens is 370 g/mol. The molecule has 1 heterocycles. The molecule has 1 amide bonds. The summed E-state index contributed by atoms with van der Waals surface area (Å²) in [6.07, 6.45) is 1.65. The summed E-state index contributed by atoms with van der Waals surface area (Å²) >= 11 is 4.90. The quantitative estimate of drug-likeness (QED) is 0.341. The van der Waals surface area contributed by atoms with Crippen LogP contribution in [-0.2, 0) is 11.4 Å². The molecule has 8 nitrogen and oxygen atoms in total. The van der Waals surface area contributed by atoms with Gasteiger partial charge in [-0.25, -0.2) is 0 Å². The molecule has 2 aromatic rings. The number of nitro groups is 1. The molecule has 1 fully saturated rings. The van der Waals surface area contributed by atoms with Crippen molar-refractivity contribution in [3.8, 4) is 11.5 Å². The summed E-state index contributed by atoms with van der Waals surface area (Å²) in [5.74, 6) is 0.710. The molecule has 0 bridgehead atoms. The molecule has 0 aromatic heterocycles. The van der Waals surface area contributed by atoms with Crippen LogP contribution < -0.4 is 20.1 Å². The molecule has 0 radical (unpaired) electrons. The number of nitrogens with one attached hydrogen (secondary N) is 2. The number of carbonyl (C=O) groups is 1. The monoisotopic (exact) mass is 385 g/mol. The summed E-state index contributed by atoms with van der Waals surface area (Å²) in [5.41, 5.74) is 1.89. The fourth-order valence-corrected chi connectivity index (χ4v) is 2.62. The Labute approximate surface area is 159 Å². The van der Waals surface area contributed by atoms with E-state index in [9.17, 15) is 14.9 Å². The maximum Gasteiger partial charge on any atom is 0.273 e. The lowest BCUT2D eigenvalue weighted by molar-refractivity contribution is -0.384. The summed E-state index contributed by atoms with van der Waals surface area (Å²) in [5, 5.41) is 16.2. The second-order valence-corrected chi connectivity index (χ2v) is 6.00. The van der Waals surface area contributed by atoms with Gasteiger partial charge in [0, 0.05) is 12.1 Å². The molecule has 1 aliphatic rings. The van der Waals surface area contributed by atoms with Crippen LogP contribution in [0, 0.1) is 10.1 Å². The SMILES string of the molecule is COc1cc(/C=C2/NC(=S)NC2=O)ccc1OCc1ccc([N+](=O)[O-])cc1. The van der Waals surface area contributed by atoms with Gasteiger partial charge in [0.15, 0.2) is 16.6 Å². The Hall–Kier alpha value is -3.46. The summed E-state index contributed by atoms with van der Waals surface area (Å²) in [7, 11) is 1.51. The van der Waals surface area contributed by atoms with Gasteiger partial charge in [0.25, 0.3) is 11.6 Å². The van der Waals surface area contributed by atoms with Gasteiger partial charge < -0.3 is 14.8 Å². The largest absolute Gasteiger partial charge is 0.493 e. The molecule has 3 rings (SSSR count). The van der Waals surface area contributed by atoms with Crippen LogP contribution in [0.25, 0.3) is 6.08 Å². The van der Waals surface area contributed by atoms with Gasteiger partial charge in [-0.15, -0.1) is 0 Å². The maximum atomic E-state index is 11.7. The Bertz CT molecular complexity index is 941. The van der Waals surface area contributed by atoms with Crippen LogP contribution in [0.4, 0.5) is 5.69 Å². The van der Waals surface area contributed by atoms with Crippen LogP contribution >= 0.6 is 12.2 Å². The fraction of sp³-hybridized carbons (Fsp3) is 0.111. The molecular formula is C18H15N3O5S. The van der Waals surface area contributed by atoms with E-state index in [-0.39, 0.29) is 23.3 Å². The minimum absolute atomic E-state index is 0.0257. The first kappa shape index (κ1) is 18.3. The highest BCUT2D eigenvalue weighted by Gasteiger charge is 2.20. The van der Waals surface area contributed by atoms with Crippen molar-refractivity contribution in [2.45, 2.75) is 6.61 Å². The highest BCUT2D eigenvalue weighted by Crippen LogP contribution is 2.30. The predicted octanol–water partition coefficient (Wildman–Crippen LogP) is 2.53. The lowest BCUT2D eigenvalue weighted by Crippen LogP contribution is -2.21. The van der Waals surface area contributed by atoms with Gasteiger partial charge in [-0.3, -0.25) is 20.2 Å². The molecule has 2 N–H and O–H groups in total. The van der Waals surface area contributed by atoms with Crippen LogP contribution in [0.3, 0.4) is 0 Å². The number of nitrogens with zero attached hydrogens (tertiary/aromatic N) is 1. The van der Waals surface area contributed by atoms with Crippen molar-refractivity contribution >= 4 is 35.0 Å². The van der Waals surface area contributed by atoms with E-state index < -0.39 is 4.92 Å². The summed E-state index contributed by atoms with van der Waals surface area (Å²) in [6.45, 7) is 0.229. The van der Waals surface area contributed by atoms with Crippen LogP contribution in [0.1, 0.15) is 11.1 Å². The van der Waals surface area contributed by atoms with Crippen molar-refractivity contribution < 1.29 is 19.2 Å². The highest BCUT2D eigenvalue weighted by atomic mass is 32.1. The normalized spacial score (nSPS) is 14.6. The van der Waals surface area contributed by atoms with E-state index in [1.54, 1.807) is 36.4 Å². The lowest BCUT2D eigenvalue weighted by atomic mass is 10.1. The van der Waals surface area contributed by atoms with Crippen molar-refractivity contribution in [3.63, 3.8) is 0 Å². The van der Waals surface area contributed by atoms with Crippen molar-refractivity contribution in [3.05, 3.63) is 69.4 Å². The molecule has 27 heavy (non-hydrogen) atoms. The summed E-state index contributed by atoms with van der Waals surface area (Å²) < 4.78 is 11.1. The minimum atomic E-state index is -0.451. The number of amides is 1. The molecule has 9 heteroatoms. The Morgan fingerprint density at radius 3 is 2.48 bits per heavy atom. The molecule has 1 aliphatic heterocycles. The Balaban J connectivity index is 1.73. The lowest BCUT2D eigenvalue weighted by Gasteiger charge is -2.11. The first-order valence-corrected chi connectivity index (χ1v) is 8.25. The molecule has 0 aliphatic carbocycles. The number of non-ortho nitro benzene ring substituents is 1. The number of hydrogen-bond acceptors (Lipinski definition) is 6. The number of nitro benzene ring substituents is 1. The molecule has 1 saturated heterocycles. The van der Waals surface area contributed by atoms with E-state index in [0.29, 0.717) is 17.2 Å². The molecule has 0 spiro atoms. The van der Waals surface area contributed by atoms with Crippen LogP contribution in [-0.4, -0.2) is 23.1 Å². The first-order valence-electron chi connectivity index (χ1n) is 7.84. The zero-order chi connectivity index (χ0) is 19.4. The number of carbonyl (C=O) groups excluding carboxylic acids is 1. The van der Waals surface area contributed by atoms with Crippen LogP contribution in [0.15, 0.2) is 48.2 Å². The second-order valence-electron chi connectivity index (χ2n) is 5.59. The number of rotatable bonds is 6. The number of thiocarbonyl (C=S) groups is 1. The Morgan fingerprint density at radius 1 is 1.15 bits per heavy atom. The van der Waals surface area contributed by atoms with Gasteiger partial charge in [0.1, 0.15) is 12.3 Å². The topological polar surface area (TPSA) is 103 Å². The third kappa shape index (κ3) is 4.39. The Morgan fingerprint density at radius 2 is 1.89 bits per heavy atom. The molecule has 0 atom stereocenters. The smallest absolute Gasteiger partial charge is 0.273 e. The third-order valence-electron chi connectivity index (χ3n) is 3.76. The van der Waals surface area contributed by atoms with Gasteiger partial charge in [0.05, 0.1) is 12.0 Å². The number of hydrogen-bond donors (Lipinski definition) is 2. The van der Waals surface area contributed by atoms with Gasteiger partial charge in [-0.1, -0.05) is 6.07 Å². The van der Waals surface area contributed by atoms with Crippen molar-refractivity contribution in [1.82, 2.24) is 10.6 Å². The molecule has 138 valence electrons. The van der Waals surface area contributed by atoms with Gasteiger partial charge in [-0.2, -0.15) is 0 Å². The predicted molar refractivity (Wildman–Crippen MR) is 102 cm³/mol. The van der Waals surface area contributed by atoms with Crippen molar-refractivity contribution in [1.29, 1.82) is 0 Å². The van der Waals surface area contributed by atoms with Crippen molar-refractivity contribution in [2.75, 3.05) is 7.11 Å². The molecule has 0 saturated carbocycles. The molecule has 0 unspecified atom stereocenters. The van der Waals surface area contributed by atoms with E-state index >= 15 is 0 Å². The zero-order valence-electron chi connectivity index (χ0n) is 14.2. The maximum absolute atomic E-state index is 11.7. The average molecular weight is 385 g/mol. The summed E-state index contributed by atoms with van der Waals surface area (Å²) in [6, 6.07) is 11.4. The second kappa shape index (κ2) is 7.83. The standard InChI is InChI=1S/C18H15N3O5S/c1-25-16-9-12(8-14-17(22)20-18(27)19-14)4-7-15(16)26-10-11-2-5-13(6-3-11)21(23)24/h2-9H,10H2,1H3,(H2,19,20,22,27)/b14-8+. The third-order valence-corrected chi connectivity index (χ3v) is 3.96. The zero-order valence-corrected chi connectivity index (χ0v) is 15.0. The molecule has 2 aromatic carbocycles. The van der Waals surface area contributed by atoms with Gasteiger partial charge in [0.2, 0.25) is 0 Å². The number of benzene rings is 2. The van der Waals surface area contributed by atoms with Gasteiger partial charge >= 0.3 is 0 Å². The van der Waals surface area contributed by atoms with Crippen LogP contribution in [0.2, 0.25) is 0 Å². The number of methoxy groups -OCH3 is 1. The van der Waals surface area contributed by atoms with E-state index in [2.05, 4.69) is 10.6 Å². The highest BCUT2D eigenvalue weighted by molar-refractivity contribution is 7.80. The Kier molecular flexibility index (Phi) is 5.32. The first-order chi connectivity index (χ1) is 13.0. The van der Waals surface area contributed by atoms with Crippen LogP contribution in [0.5, 0.6) is 11.5 Å². The number of ether oxygens (including phenoxy) is 2.